The molecule has 0 bridgehead atoms. The van der Waals surface area contributed by atoms with Gasteiger partial charge in [0.1, 0.15) is 11.4 Å². The van der Waals surface area contributed by atoms with Gasteiger partial charge in [-0.05, 0) is 36.8 Å². The van der Waals surface area contributed by atoms with Gasteiger partial charge in [0.25, 0.3) is 0 Å². The molecule has 2 rings (SSSR count). The molecule has 0 unspecified atom stereocenters. The van der Waals surface area contributed by atoms with E-state index in [-0.39, 0.29) is 5.41 Å². The Balaban J connectivity index is 2.11. The van der Waals surface area contributed by atoms with Crippen molar-refractivity contribution in [1.82, 2.24) is 4.98 Å². The third-order valence-electron chi connectivity index (χ3n) is 4.12. The predicted octanol–water partition coefficient (Wildman–Crippen LogP) is 3.47. The number of hydrogen-bond acceptors (Lipinski definition) is 3. The molecule has 0 radical (unpaired) electrons. The lowest BCUT2D eigenvalue weighted by atomic mass is 9.76. The summed E-state index contributed by atoms with van der Waals surface area (Å²) in [6.07, 6.45) is 7.92. The first-order valence-corrected chi connectivity index (χ1v) is 6.95. The van der Waals surface area contributed by atoms with Crippen LogP contribution in [0.15, 0.2) is 12.3 Å². The predicted molar refractivity (Wildman–Crippen MR) is 75.6 cm³/mol. The second-order valence-corrected chi connectivity index (χ2v) is 5.88. The van der Waals surface area contributed by atoms with Crippen molar-refractivity contribution in [1.29, 1.82) is 0 Å². The molecule has 1 aromatic rings. The van der Waals surface area contributed by atoms with Crippen molar-refractivity contribution in [3.05, 3.63) is 23.4 Å². The first-order valence-electron chi connectivity index (χ1n) is 6.95. The minimum atomic E-state index is -0.915. The van der Waals surface area contributed by atoms with Crippen LogP contribution in [0.3, 0.4) is 0 Å². The van der Waals surface area contributed by atoms with E-state index in [1.165, 1.54) is 32.1 Å². The summed E-state index contributed by atoms with van der Waals surface area (Å²) in [4.78, 5) is 15.5. The fourth-order valence-electron chi connectivity index (χ4n) is 2.84. The topological polar surface area (TPSA) is 62.2 Å². The smallest absolute Gasteiger partial charge is 0.339 e. The summed E-state index contributed by atoms with van der Waals surface area (Å²) in [7, 11) is 0. The summed E-state index contributed by atoms with van der Waals surface area (Å²) in [5, 5.41) is 12.5. The van der Waals surface area contributed by atoms with E-state index in [9.17, 15) is 9.90 Å². The highest BCUT2D eigenvalue weighted by atomic mass is 16.4. The zero-order valence-corrected chi connectivity index (χ0v) is 11.7. The molecule has 4 nitrogen and oxygen atoms in total. The number of rotatable bonds is 4. The number of nitrogens with one attached hydrogen (secondary N) is 1. The van der Waals surface area contributed by atoms with Crippen LogP contribution in [0.5, 0.6) is 0 Å². The molecule has 1 aromatic heterocycles. The maximum absolute atomic E-state index is 11.3. The van der Waals surface area contributed by atoms with Gasteiger partial charge in [0.05, 0.1) is 0 Å². The Bertz CT molecular complexity index is 465. The Hall–Kier alpha value is -1.58. The summed E-state index contributed by atoms with van der Waals surface area (Å²) in [5.41, 5.74) is 1.31. The van der Waals surface area contributed by atoms with Crippen LogP contribution >= 0.6 is 0 Å². The van der Waals surface area contributed by atoms with Gasteiger partial charge in [-0.15, -0.1) is 0 Å². The Morgan fingerprint density at radius 2 is 2.11 bits per heavy atom. The van der Waals surface area contributed by atoms with Crippen molar-refractivity contribution in [3.63, 3.8) is 0 Å². The molecule has 1 heterocycles. The van der Waals surface area contributed by atoms with E-state index in [0.29, 0.717) is 11.4 Å². The number of pyridine rings is 1. The summed E-state index contributed by atoms with van der Waals surface area (Å²) in [6, 6.07) is 1.73. The molecule has 1 saturated carbocycles. The molecule has 2 N–H and O–H groups in total. The maximum atomic E-state index is 11.3. The van der Waals surface area contributed by atoms with Gasteiger partial charge in [0.2, 0.25) is 0 Å². The molecule has 4 heteroatoms. The number of carboxylic acids is 1. The Kier molecular flexibility index (Phi) is 4.08. The van der Waals surface area contributed by atoms with Crippen molar-refractivity contribution in [2.24, 2.45) is 5.41 Å². The third kappa shape index (κ3) is 3.25. The van der Waals surface area contributed by atoms with Crippen LogP contribution in [0, 0.1) is 12.3 Å². The Morgan fingerprint density at radius 1 is 1.42 bits per heavy atom. The van der Waals surface area contributed by atoms with Gasteiger partial charge < -0.3 is 10.4 Å². The summed E-state index contributed by atoms with van der Waals surface area (Å²) >= 11 is 0. The largest absolute Gasteiger partial charge is 0.478 e. The van der Waals surface area contributed by atoms with Gasteiger partial charge in [0, 0.05) is 12.7 Å². The average Bonchev–Trinajstić information content (AvgIpc) is 2.37. The molecule has 1 aliphatic rings. The molecule has 1 aliphatic carbocycles. The van der Waals surface area contributed by atoms with E-state index in [1.807, 2.05) is 0 Å². The zero-order chi connectivity index (χ0) is 13.9. The van der Waals surface area contributed by atoms with E-state index >= 15 is 0 Å². The second-order valence-electron chi connectivity index (χ2n) is 5.88. The lowest BCUT2D eigenvalue weighted by Gasteiger charge is -2.34. The van der Waals surface area contributed by atoms with Gasteiger partial charge >= 0.3 is 5.97 Å². The molecular formula is C15H22N2O2. The van der Waals surface area contributed by atoms with Crippen molar-refractivity contribution in [3.8, 4) is 0 Å². The highest BCUT2D eigenvalue weighted by Gasteiger charge is 2.27. The molecule has 104 valence electrons. The minimum absolute atomic E-state index is 0.263. The lowest BCUT2D eigenvalue weighted by molar-refractivity contribution is 0.0696. The van der Waals surface area contributed by atoms with E-state index in [2.05, 4.69) is 17.2 Å². The number of carboxylic acid groups (broad SMARTS) is 1. The summed E-state index contributed by atoms with van der Waals surface area (Å²) in [6.45, 7) is 4.87. The van der Waals surface area contributed by atoms with Gasteiger partial charge in [-0.2, -0.15) is 0 Å². The van der Waals surface area contributed by atoms with Crippen LogP contribution in [-0.2, 0) is 0 Å². The molecule has 0 saturated heterocycles. The van der Waals surface area contributed by atoms with Crippen molar-refractivity contribution in [2.75, 3.05) is 11.9 Å². The zero-order valence-electron chi connectivity index (χ0n) is 11.7. The number of hydrogen-bond donors (Lipinski definition) is 2. The van der Waals surface area contributed by atoms with Gasteiger partial charge in [-0.3, -0.25) is 0 Å². The molecule has 0 amide bonds. The number of carbonyl (C=O) groups is 1. The van der Waals surface area contributed by atoms with Gasteiger partial charge in [-0.25, -0.2) is 9.78 Å². The number of aromatic carboxylic acids is 1. The number of nitrogens with zero attached hydrogens (tertiary/aromatic N) is 1. The number of aryl methyl sites for hydroxylation is 1. The fraction of sp³-hybridized carbons (Fsp3) is 0.600. The van der Waals surface area contributed by atoms with E-state index < -0.39 is 5.97 Å². The molecular weight excluding hydrogens is 240 g/mol. The van der Waals surface area contributed by atoms with Crippen molar-refractivity contribution < 1.29 is 9.90 Å². The van der Waals surface area contributed by atoms with Crippen LogP contribution in [0.1, 0.15) is 54.9 Å². The molecule has 19 heavy (non-hydrogen) atoms. The van der Waals surface area contributed by atoms with Crippen LogP contribution in [0.2, 0.25) is 0 Å². The van der Waals surface area contributed by atoms with Crippen molar-refractivity contribution >= 4 is 11.8 Å². The minimum Gasteiger partial charge on any atom is -0.478 e. The van der Waals surface area contributed by atoms with Crippen molar-refractivity contribution in [2.45, 2.75) is 46.0 Å². The average molecular weight is 262 g/mol. The normalized spacial score (nSPS) is 18.0. The SMILES string of the molecule is Cc1ccnc(NCC2(C)CCCCC2)c1C(=O)O. The van der Waals surface area contributed by atoms with E-state index in [1.54, 1.807) is 19.2 Å². The molecule has 0 atom stereocenters. The molecule has 0 aromatic carbocycles. The molecule has 1 fully saturated rings. The Morgan fingerprint density at radius 3 is 2.74 bits per heavy atom. The fourth-order valence-corrected chi connectivity index (χ4v) is 2.84. The molecule has 0 aliphatic heterocycles. The van der Waals surface area contributed by atoms with Crippen LogP contribution in [-0.4, -0.2) is 22.6 Å². The van der Waals surface area contributed by atoms with Crippen LogP contribution < -0.4 is 5.32 Å². The van der Waals surface area contributed by atoms with Gasteiger partial charge in [-0.1, -0.05) is 26.2 Å². The maximum Gasteiger partial charge on any atom is 0.339 e. The first-order chi connectivity index (χ1) is 9.02. The summed E-state index contributed by atoms with van der Waals surface area (Å²) < 4.78 is 0. The highest BCUT2D eigenvalue weighted by molar-refractivity contribution is 5.94. The van der Waals surface area contributed by atoms with Gasteiger partial charge in [0.15, 0.2) is 0 Å². The highest BCUT2D eigenvalue weighted by Crippen LogP contribution is 2.35. The lowest BCUT2D eigenvalue weighted by Crippen LogP contribution is -2.29. The number of anilines is 1. The Labute approximate surface area is 114 Å². The quantitative estimate of drug-likeness (QED) is 0.872. The van der Waals surface area contributed by atoms with Crippen LogP contribution in [0.4, 0.5) is 5.82 Å². The second kappa shape index (κ2) is 5.59. The van der Waals surface area contributed by atoms with E-state index in [0.717, 1.165) is 12.1 Å². The third-order valence-corrected chi connectivity index (χ3v) is 4.12. The van der Waals surface area contributed by atoms with Crippen LogP contribution in [0.25, 0.3) is 0 Å². The van der Waals surface area contributed by atoms with E-state index in [4.69, 9.17) is 0 Å². The molecule has 0 spiro atoms. The summed E-state index contributed by atoms with van der Waals surface area (Å²) in [5.74, 6) is -0.416. The first kappa shape index (κ1) is 13.8. The number of aromatic nitrogens is 1. The monoisotopic (exact) mass is 262 g/mol. The standard InChI is InChI=1S/C15H22N2O2/c1-11-6-9-16-13(12(11)14(18)19)17-10-15(2)7-4-3-5-8-15/h6,9H,3-5,7-8,10H2,1-2H3,(H,16,17)(H,18,19).